The van der Waals surface area contributed by atoms with Crippen LogP contribution in [0.4, 0.5) is 0 Å². The zero-order chi connectivity index (χ0) is 13.0. The van der Waals surface area contributed by atoms with Crippen molar-refractivity contribution in [3.8, 4) is 5.69 Å². The SMILES string of the molecule is CCCOCc1cn(-c2cc(Cl)cc(Cl)c2)nn1. The van der Waals surface area contributed by atoms with Gasteiger partial charge in [-0.25, -0.2) is 4.68 Å². The third kappa shape index (κ3) is 3.45. The lowest BCUT2D eigenvalue weighted by Crippen LogP contribution is -1.95. The van der Waals surface area contributed by atoms with Gasteiger partial charge in [-0.1, -0.05) is 35.3 Å². The molecule has 0 unspecified atom stereocenters. The summed E-state index contributed by atoms with van der Waals surface area (Å²) < 4.78 is 7.02. The van der Waals surface area contributed by atoms with Crippen molar-refractivity contribution < 1.29 is 4.74 Å². The molecule has 0 amide bonds. The Morgan fingerprint density at radius 2 is 1.94 bits per heavy atom. The molecule has 0 atom stereocenters. The van der Waals surface area contributed by atoms with Gasteiger partial charge in [-0.15, -0.1) is 5.10 Å². The number of halogens is 2. The van der Waals surface area contributed by atoms with E-state index >= 15 is 0 Å². The first kappa shape index (κ1) is 13.3. The number of rotatable bonds is 5. The molecule has 0 saturated carbocycles. The minimum Gasteiger partial charge on any atom is -0.375 e. The Balaban J connectivity index is 2.13. The average Bonchev–Trinajstić information content (AvgIpc) is 2.77. The summed E-state index contributed by atoms with van der Waals surface area (Å²) in [6, 6.07) is 5.23. The predicted molar refractivity (Wildman–Crippen MR) is 71.3 cm³/mol. The van der Waals surface area contributed by atoms with Crippen molar-refractivity contribution in [2.45, 2.75) is 20.0 Å². The van der Waals surface area contributed by atoms with Crippen LogP contribution in [0.15, 0.2) is 24.4 Å². The van der Waals surface area contributed by atoms with Crippen molar-refractivity contribution >= 4 is 23.2 Å². The molecule has 4 nitrogen and oxygen atoms in total. The lowest BCUT2D eigenvalue weighted by Gasteiger charge is -2.01. The molecule has 0 N–H and O–H groups in total. The van der Waals surface area contributed by atoms with Gasteiger partial charge in [0.1, 0.15) is 5.69 Å². The number of ether oxygens (including phenoxy) is 1. The van der Waals surface area contributed by atoms with Gasteiger partial charge in [0.15, 0.2) is 0 Å². The van der Waals surface area contributed by atoms with Gasteiger partial charge in [-0.2, -0.15) is 0 Å². The van der Waals surface area contributed by atoms with Gasteiger partial charge in [-0.3, -0.25) is 0 Å². The Hall–Kier alpha value is -1.10. The summed E-state index contributed by atoms with van der Waals surface area (Å²) in [6.45, 7) is 3.24. The van der Waals surface area contributed by atoms with Crippen molar-refractivity contribution in [2.75, 3.05) is 6.61 Å². The zero-order valence-corrected chi connectivity index (χ0v) is 11.4. The average molecular weight is 286 g/mol. The number of aromatic nitrogens is 3. The monoisotopic (exact) mass is 285 g/mol. The standard InChI is InChI=1S/C12H13Cl2N3O/c1-2-3-18-8-11-7-17(16-15-11)12-5-9(13)4-10(14)6-12/h4-7H,2-3,8H2,1H3. The molecule has 0 saturated heterocycles. The predicted octanol–water partition coefficient (Wildman–Crippen LogP) is 3.50. The topological polar surface area (TPSA) is 39.9 Å². The van der Waals surface area contributed by atoms with E-state index in [-0.39, 0.29) is 0 Å². The Kier molecular flexibility index (Phi) is 4.58. The summed E-state index contributed by atoms with van der Waals surface area (Å²) >= 11 is 11.9. The van der Waals surface area contributed by atoms with E-state index in [1.54, 1.807) is 29.1 Å². The van der Waals surface area contributed by atoms with E-state index in [1.807, 2.05) is 0 Å². The van der Waals surface area contributed by atoms with Crippen molar-refractivity contribution in [2.24, 2.45) is 0 Å². The molecule has 6 heteroatoms. The van der Waals surface area contributed by atoms with Gasteiger partial charge in [0.2, 0.25) is 0 Å². The minimum absolute atomic E-state index is 0.460. The molecule has 1 aromatic heterocycles. The van der Waals surface area contributed by atoms with Crippen LogP contribution in [0, 0.1) is 0 Å². The third-order valence-electron chi connectivity index (χ3n) is 2.25. The van der Waals surface area contributed by atoms with Crippen molar-refractivity contribution in [3.05, 3.63) is 40.1 Å². The lowest BCUT2D eigenvalue weighted by molar-refractivity contribution is 0.119. The molecule has 1 aromatic carbocycles. The molecule has 18 heavy (non-hydrogen) atoms. The van der Waals surface area contributed by atoms with Crippen LogP contribution in [-0.2, 0) is 11.3 Å². The lowest BCUT2D eigenvalue weighted by atomic mass is 10.3. The summed E-state index contributed by atoms with van der Waals surface area (Å²) in [5.74, 6) is 0. The van der Waals surface area contributed by atoms with Crippen LogP contribution in [0.3, 0.4) is 0 Å². The van der Waals surface area contributed by atoms with Crippen LogP contribution < -0.4 is 0 Å². The molecule has 1 heterocycles. The van der Waals surface area contributed by atoms with Crippen LogP contribution in [0.1, 0.15) is 19.0 Å². The molecule has 0 aliphatic heterocycles. The van der Waals surface area contributed by atoms with Gasteiger partial charge in [0.25, 0.3) is 0 Å². The molecule has 0 spiro atoms. The first-order valence-electron chi connectivity index (χ1n) is 5.64. The van der Waals surface area contributed by atoms with E-state index in [2.05, 4.69) is 17.2 Å². The number of hydrogen-bond acceptors (Lipinski definition) is 3. The molecular weight excluding hydrogens is 273 g/mol. The fourth-order valence-electron chi connectivity index (χ4n) is 1.48. The fraction of sp³-hybridized carbons (Fsp3) is 0.333. The van der Waals surface area contributed by atoms with E-state index in [4.69, 9.17) is 27.9 Å². The van der Waals surface area contributed by atoms with Crippen LogP contribution in [0.25, 0.3) is 5.69 Å². The van der Waals surface area contributed by atoms with E-state index in [0.29, 0.717) is 16.7 Å². The second-order valence-corrected chi connectivity index (χ2v) is 4.71. The highest BCUT2D eigenvalue weighted by molar-refractivity contribution is 6.34. The molecule has 0 fully saturated rings. The van der Waals surface area contributed by atoms with Crippen molar-refractivity contribution in [3.63, 3.8) is 0 Å². The summed E-state index contributed by atoms with van der Waals surface area (Å²) in [7, 11) is 0. The summed E-state index contributed by atoms with van der Waals surface area (Å²) in [4.78, 5) is 0. The van der Waals surface area contributed by atoms with Gasteiger partial charge < -0.3 is 4.74 Å². The van der Waals surface area contributed by atoms with E-state index in [9.17, 15) is 0 Å². The maximum absolute atomic E-state index is 5.94. The zero-order valence-electron chi connectivity index (χ0n) is 9.94. The van der Waals surface area contributed by atoms with E-state index in [0.717, 1.165) is 24.4 Å². The molecule has 2 aromatic rings. The third-order valence-corrected chi connectivity index (χ3v) is 2.69. The second-order valence-electron chi connectivity index (χ2n) is 3.83. The molecule has 0 bridgehead atoms. The highest BCUT2D eigenvalue weighted by atomic mass is 35.5. The van der Waals surface area contributed by atoms with E-state index < -0.39 is 0 Å². The smallest absolute Gasteiger partial charge is 0.109 e. The highest BCUT2D eigenvalue weighted by Gasteiger charge is 2.05. The Labute approximate surface area is 115 Å². The van der Waals surface area contributed by atoms with Gasteiger partial charge in [0, 0.05) is 16.7 Å². The summed E-state index contributed by atoms with van der Waals surface area (Å²) in [5.41, 5.74) is 1.56. The second kappa shape index (κ2) is 6.18. The molecule has 0 aliphatic carbocycles. The number of nitrogens with zero attached hydrogens (tertiary/aromatic N) is 3. The normalized spacial score (nSPS) is 10.8. The van der Waals surface area contributed by atoms with Crippen molar-refractivity contribution in [1.82, 2.24) is 15.0 Å². The maximum Gasteiger partial charge on any atom is 0.109 e. The molecule has 2 rings (SSSR count). The first-order chi connectivity index (χ1) is 8.69. The maximum atomic E-state index is 5.94. The Morgan fingerprint density at radius 1 is 1.22 bits per heavy atom. The van der Waals surface area contributed by atoms with Gasteiger partial charge >= 0.3 is 0 Å². The highest BCUT2D eigenvalue weighted by Crippen LogP contribution is 2.21. The van der Waals surface area contributed by atoms with Crippen molar-refractivity contribution in [1.29, 1.82) is 0 Å². The van der Waals surface area contributed by atoms with E-state index in [1.165, 1.54) is 0 Å². The van der Waals surface area contributed by atoms with Crippen LogP contribution in [0.5, 0.6) is 0 Å². The van der Waals surface area contributed by atoms with Crippen LogP contribution >= 0.6 is 23.2 Å². The Bertz CT molecular complexity index is 508. The largest absolute Gasteiger partial charge is 0.375 e. The fourth-order valence-corrected chi connectivity index (χ4v) is 2.00. The van der Waals surface area contributed by atoms with Crippen LogP contribution in [-0.4, -0.2) is 21.6 Å². The van der Waals surface area contributed by atoms with Gasteiger partial charge in [-0.05, 0) is 24.6 Å². The molecular formula is C12H13Cl2N3O. The summed E-state index contributed by atoms with van der Waals surface area (Å²) in [5, 5.41) is 9.18. The molecule has 0 aliphatic rings. The quantitative estimate of drug-likeness (QED) is 0.790. The Morgan fingerprint density at radius 3 is 2.61 bits per heavy atom. The number of benzene rings is 1. The minimum atomic E-state index is 0.460. The number of hydrogen-bond donors (Lipinski definition) is 0. The molecule has 96 valence electrons. The van der Waals surface area contributed by atoms with Crippen LogP contribution in [0.2, 0.25) is 10.0 Å². The summed E-state index contributed by atoms with van der Waals surface area (Å²) in [6.07, 6.45) is 2.79. The first-order valence-corrected chi connectivity index (χ1v) is 6.40. The van der Waals surface area contributed by atoms with Gasteiger partial charge in [0.05, 0.1) is 18.5 Å². The molecule has 0 radical (unpaired) electrons.